The van der Waals surface area contributed by atoms with Crippen LogP contribution in [0.2, 0.25) is 0 Å². The average molecular weight is 182 g/mol. The van der Waals surface area contributed by atoms with Gasteiger partial charge >= 0.3 is 0 Å². The second-order valence-electron chi connectivity index (χ2n) is 3.94. The zero-order chi connectivity index (χ0) is 10.3. The van der Waals surface area contributed by atoms with Crippen molar-refractivity contribution in [2.45, 2.75) is 60.3 Å². The molecule has 0 rings (SSSR count). The van der Waals surface area contributed by atoms with Crippen molar-refractivity contribution in [3.05, 3.63) is 11.6 Å². The second kappa shape index (κ2) is 7.17. The fourth-order valence-electron chi connectivity index (χ4n) is 2.00. The molecular formula is C13H26. The van der Waals surface area contributed by atoms with E-state index in [-0.39, 0.29) is 0 Å². The zero-order valence-electron chi connectivity index (χ0n) is 10.1. The monoisotopic (exact) mass is 182 g/mol. The largest absolute Gasteiger partial charge is 0.0851 e. The van der Waals surface area contributed by atoms with Crippen LogP contribution in [0.5, 0.6) is 0 Å². The van der Waals surface area contributed by atoms with E-state index in [1.54, 1.807) is 5.57 Å². The van der Waals surface area contributed by atoms with Gasteiger partial charge in [-0.05, 0) is 37.5 Å². The molecule has 0 nitrogen and oxygen atoms in total. The first-order chi connectivity index (χ1) is 6.21. The van der Waals surface area contributed by atoms with Gasteiger partial charge in [0, 0.05) is 0 Å². The molecule has 0 saturated heterocycles. The van der Waals surface area contributed by atoms with Crippen LogP contribution in [-0.4, -0.2) is 0 Å². The van der Waals surface area contributed by atoms with Crippen LogP contribution in [0.25, 0.3) is 0 Å². The lowest BCUT2D eigenvalue weighted by molar-refractivity contribution is 0.484. The number of hydrogen-bond acceptors (Lipinski definition) is 0. The van der Waals surface area contributed by atoms with Crippen LogP contribution < -0.4 is 0 Å². The molecule has 78 valence electrons. The van der Waals surface area contributed by atoms with Crippen LogP contribution in [0.3, 0.4) is 0 Å². The summed E-state index contributed by atoms with van der Waals surface area (Å²) in [4.78, 5) is 0. The van der Waals surface area contributed by atoms with Crippen LogP contribution in [0.15, 0.2) is 11.6 Å². The molecule has 0 heteroatoms. The van der Waals surface area contributed by atoms with E-state index in [0.717, 1.165) is 11.8 Å². The molecule has 0 aliphatic carbocycles. The van der Waals surface area contributed by atoms with Crippen molar-refractivity contribution in [3.63, 3.8) is 0 Å². The fourth-order valence-corrected chi connectivity index (χ4v) is 2.00. The molecule has 0 radical (unpaired) electrons. The van der Waals surface area contributed by atoms with Gasteiger partial charge in [0.25, 0.3) is 0 Å². The lowest BCUT2D eigenvalue weighted by Gasteiger charge is -2.22. The van der Waals surface area contributed by atoms with E-state index < -0.39 is 0 Å². The third-order valence-electron chi connectivity index (χ3n) is 3.08. The molecule has 0 bridgehead atoms. The van der Waals surface area contributed by atoms with Crippen molar-refractivity contribution in [1.29, 1.82) is 0 Å². The van der Waals surface area contributed by atoms with Crippen LogP contribution >= 0.6 is 0 Å². The highest BCUT2D eigenvalue weighted by molar-refractivity contribution is 5.09. The molecule has 0 aromatic heterocycles. The van der Waals surface area contributed by atoms with Crippen LogP contribution in [-0.2, 0) is 0 Å². The lowest BCUT2D eigenvalue weighted by atomic mass is 9.83. The van der Waals surface area contributed by atoms with Gasteiger partial charge in [0.1, 0.15) is 0 Å². The van der Waals surface area contributed by atoms with E-state index in [1.165, 1.54) is 25.7 Å². The van der Waals surface area contributed by atoms with Gasteiger partial charge in [-0.1, -0.05) is 46.3 Å². The molecule has 13 heavy (non-hydrogen) atoms. The Hall–Kier alpha value is -0.260. The molecular weight excluding hydrogens is 156 g/mol. The first kappa shape index (κ1) is 12.7. The quantitative estimate of drug-likeness (QED) is 0.517. The molecule has 0 aliphatic rings. The highest BCUT2D eigenvalue weighted by Crippen LogP contribution is 2.28. The molecule has 1 unspecified atom stereocenters. The van der Waals surface area contributed by atoms with Crippen molar-refractivity contribution in [2.24, 2.45) is 11.8 Å². The topological polar surface area (TPSA) is 0 Å². The molecule has 0 spiro atoms. The van der Waals surface area contributed by atoms with Crippen LogP contribution in [0.1, 0.15) is 60.3 Å². The Morgan fingerprint density at radius 1 is 1.00 bits per heavy atom. The van der Waals surface area contributed by atoms with Crippen molar-refractivity contribution >= 4 is 0 Å². The van der Waals surface area contributed by atoms with Crippen molar-refractivity contribution in [2.75, 3.05) is 0 Å². The van der Waals surface area contributed by atoms with Crippen molar-refractivity contribution in [3.8, 4) is 0 Å². The maximum absolute atomic E-state index is 2.45. The van der Waals surface area contributed by atoms with E-state index in [9.17, 15) is 0 Å². The summed E-state index contributed by atoms with van der Waals surface area (Å²) in [7, 11) is 0. The summed E-state index contributed by atoms with van der Waals surface area (Å²) >= 11 is 0. The van der Waals surface area contributed by atoms with Crippen molar-refractivity contribution in [1.82, 2.24) is 0 Å². The van der Waals surface area contributed by atoms with E-state index in [0.29, 0.717) is 0 Å². The minimum absolute atomic E-state index is 0.782. The van der Waals surface area contributed by atoms with Gasteiger partial charge in [-0.2, -0.15) is 0 Å². The molecule has 0 aromatic carbocycles. The maximum atomic E-state index is 2.45. The summed E-state index contributed by atoms with van der Waals surface area (Å²) in [5.41, 5.74) is 1.70. The van der Waals surface area contributed by atoms with Crippen LogP contribution in [0, 0.1) is 11.8 Å². The smallest absolute Gasteiger partial charge is 0.0206 e. The number of allylic oxidation sites excluding steroid dienone is 2. The Bertz CT molecular complexity index is 140. The van der Waals surface area contributed by atoms with Gasteiger partial charge in [0.2, 0.25) is 0 Å². The van der Waals surface area contributed by atoms with E-state index in [2.05, 4.69) is 40.7 Å². The molecule has 0 aliphatic heterocycles. The minimum atomic E-state index is 0.782. The van der Waals surface area contributed by atoms with Gasteiger partial charge in [0.15, 0.2) is 0 Å². The molecule has 0 saturated carbocycles. The highest BCUT2D eigenvalue weighted by Gasteiger charge is 2.14. The SMILES string of the molecule is CCC=C(C(C)CC)C(CC)CC. The van der Waals surface area contributed by atoms with Gasteiger partial charge in [-0.25, -0.2) is 0 Å². The minimum Gasteiger partial charge on any atom is -0.0851 e. The van der Waals surface area contributed by atoms with E-state index in [4.69, 9.17) is 0 Å². The van der Waals surface area contributed by atoms with Gasteiger partial charge in [-0.15, -0.1) is 0 Å². The summed E-state index contributed by atoms with van der Waals surface area (Å²) in [6.45, 7) is 11.5. The Balaban J connectivity index is 4.48. The molecule has 0 fully saturated rings. The summed E-state index contributed by atoms with van der Waals surface area (Å²) in [6.07, 6.45) is 7.52. The molecule has 0 heterocycles. The molecule has 0 amide bonds. The van der Waals surface area contributed by atoms with Gasteiger partial charge < -0.3 is 0 Å². The first-order valence-corrected chi connectivity index (χ1v) is 5.90. The predicted octanol–water partition coefficient (Wildman–Crippen LogP) is 4.81. The van der Waals surface area contributed by atoms with E-state index in [1.807, 2.05) is 0 Å². The van der Waals surface area contributed by atoms with Crippen LogP contribution in [0.4, 0.5) is 0 Å². The second-order valence-corrected chi connectivity index (χ2v) is 3.94. The van der Waals surface area contributed by atoms with Gasteiger partial charge in [0.05, 0.1) is 0 Å². The molecule has 0 aromatic rings. The Morgan fingerprint density at radius 2 is 1.54 bits per heavy atom. The number of rotatable bonds is 6. The predicted molar refractivity (Wildman–Crippen MR) is 61.9 cm³/mol. The molecule has 1 atom stereocenters. The Labute approximate surface area is 84.4 Å². The molecule has 0 N–H and O–H groups in total. The highest BCUT2D eigenvalue weighted by atomic mass is 14.2. The third kappa shape index (κ3) is 3.97. The van der Waals surface area contributed by atoms with Gasteiger partial charge in [-0.3, -0.25) is 0 Å². The van der Waals surface area contributed by atoms with Crippen molar-refractivity contribution < 1.29 is 0 Å². The summed E-state index contributed by atoms with van der Waals surface area (Å²) in [6, 6.07) is 0. The zero-order valence-corrected chi connectivity index (χ0v) is 10.1. The standard InChI is InChI=1S/C13H26/c1-6-10-13(11(5)7-2)12(8-3)9-4/h10-12H,6-9H2,1-5H3. The summed E-state index contributed by atoms with van der Waals surface area (Å²) < 4.78 is 0. The summed E-state index contributed by atoms with van der Waals surface area (Å²) in [5, 5.41) is 0. The summed E-state index contributed by atoms with van der Waals surface area (Å²) in [5.74, 6) is 1.61. The Morgan fingerprint density at radius 3 is 1.85 bits per heavy atom. The normalized spacial score (nSPS) is 15.1. The third-order valence-corrected chi connectivity index (χ3v) is 3.08. The fraction of sp³-hybridized carbons (Fsp3) is 0.846. The first-order valence-electron chi connectivity index (χ1n) is 5.90. The number of hydrogen-bond donors (Lipinski definition) is 0. The van der Waals surface area contributed by atoms with E-state index >= 15 is 0 Å². The maximum Gasteiger partial charge on any atom is -0.0206 e. The lowest BCUT2D eigenvalue weighted by Crippen LogP contribution is -2.09. The average Bonchev–Trinajstić information content (AvgIpc) is 2.17. The Kier molecular flexibility index (Phi) is 7.03.